The summed E-state index contributed by atoms with van der Waals surface area (Å²) in [7, 11) is 3.14. The average Bonchev–Trinajstić information content (AvgIpc) is 2.65. The molecule has 0 radical (unpaired) electrons. The number of carbonyl (C=O) groups is 1. The minimum atomic E-state index is -0.510. The number of nitrogens with two attached hydrogens (primary N) is 1. The molecule has 28 heavy (non-hydrogen) atoms. The van der Waals surface area contributed by atoms with Crippen molar-refractivity contribution in [3.05, 3.63) is 12.1 Å². The Hall–Kier alpha value is -2.97. The molecule has 1 aromatic heterocycles. The minimum Gasteiger partial charge on any atom is -0.493 e. The highest BCUT2D eigenvalue weighted by atomic mass is 16.6. The van der Waals surface area contributed by atoms with Crippen molar-refractivity contribution in [2.24, 2.45) is 0 Å². The maximum Gasteiger partial charge on any atom is 0.410 e. The van der Waals surface area contributed by atoms with E-state index in [1.807, 2.05) is 25.7 Å². The number of aromatic nitrogens is 2. The van der Waals surface area contributed by atoms with Crippen LogP contribution in [0.15, 0.2) is 12.1 Å². The molecule has 9 nitrogen and oxygen atoms in total. The van der Waals surface area contributed by atoms with Gasteiger partial charge in [-0.1, -0.05) is 0 Å². The summed E-state index contributed by atoms with van der Waals surface area (Å²) in [5.74, 6) is 2.05. The number of amides is 1. The molecule has 0 unspecified atom stereocenters. The Labute approximate surface area is 164 Å². The second-order valence-electron chi connectivity index (χ2n) is 7.59. The molecule has 0 spiro atoms. The Morgan fingerprint density at radius 2 is 1.64 bits per heavy atom. The zero-order valence-corrected chi connectivity index (χ0v) is 17.0. The molecule has 9 heteroatoms. The Kier molecular flexibility index (Phi) is 5.35. The first kappa shape index (κ1) is 19.8. The largest absolute Gasteiger partial charge is 0.493 e. The van der Waals surface area contributed by atoms with E-state index in [1.165, 1.54) is 0 Å². The summed E-state index contributed by atoms with van der Waals surface area (Å²) in [6.45, 7) is 7.82. The van der Waals surface area contributed by atoms with Gasteiger partial charge in [-0.2, -0.15) is 4.98 Å². The van der Waals surface area contributed by atoms with Gasteiger partial charge in [0.2, 0.25) is 5.95 Å². The molecular formula is C19H27N5O4. The van der Waals surface area contributed by atoms with Crippen LogP contribution < -0.4 is 20.1 Å². The Morgan fingerprint density at radius 3 is 2.21 bits per heavy atom. The fraction of sp³-hybridized carbons (Fsp3) is 0.526. The monoisotopic (exact) mass is 389 g/mol. The highest BCUT2D eigenvalue weighted by Crippen LogP contribution is 2.34. The van der Waals surface area contributed by atoms with Gasteiger partial charge in [0.15, 0.2) is 11.5 Å². The van der Waals surface area contributed by atoms with Gasteiger partial charge in [0.25, 0.3) is 0 Å². The topological polar surface area (TPSA) is 103 Å². The molecule has 2 N–H and O–H groups in total. The molecule has 2 heterocycles. The van der Waals surface area contributed by atoms with Crippen molar-refractivity contribution < 1.29 is 19.0 Å². The van der Waals surface area contributed by atoms with E-state index in [9.17, 15) is 4.79 Å². The molecule has 1 aliphatic rings. The van der Waals surface area contributed by atoms with Gasteiger partial charge in [0.05, 0.1) is 19.7 Å². The van der Waals surface area contributed by atoms with Crippen molar-refractivity contribution in [2.45, 2.75) is 26.4 Å². The van der Waals surface area contributed by atoms with E-state index in [-0.39, 0.29) is 6.09 Å². The van der Waals surface area contributed by atoms with E-state index in [4.69, 9.17) is 19.9 Å². The number of piperazine rings is 1. The number of methoxy groups -OCH3 is 2. The number of rotatable bonds is 3. The first-order chi connectivity index (χ1) is 13.2. The SMILES string of the molecule is COc1cc2nc(N3CCN(C(=O)OC(C)(C)C)CC3)nc(N)c2cc1OC. The van der Waals surface area contributed by atoms with Gasteiger partial charge in [-0.3, -0.25) is 0 Å². The number of carbonyl (C=O) groups excluding carboxylic acids is 1. The summed E-state index contributed by atoms with van der Waals surface area (Å²) < 4.78 is 16.1. The molecule has 0 bridgehead atoms. The smallest absolute Gasteiger partial charge is 0.410 e. The van der Waals surface area contributed by atoms with Crippen molar-refractivity contribution in [3.63, 3.8) is 0 Å². The second kappa shape index (κ2) is 7.57. The fourth-order valence-electron chi connectivity index (χ4n) is 3.02. The van der Waals surface area contributed by atoms with E-state index < -0.39 is 5.60 Å². The molecule has 0 saturated carbocycles. The normalized spacial score (nSPS) is 14.9. The van der Waals surface area contributed by atoms with E-state index in [0.717, 1.165) is 0 Å². The van der Waals surface area contributed by atoms with E-state index >= 15 is 0 Å². The van der Waals surface area contributed by atoms with Gasteiger partial charge >= 0.3 is 6.09 Å². The molecule has 1 saturated heterocycles. The molecule has 1 fully saturated rings. The third-order valence-corrected chi connectivity index (χ3v) is 4.43. The van der Waals surface area contributed by atoms with Crippen molar-refractivity contribution in [2.75, 3.05) is 51.0 Å². The van der Waals surface area contributed by atoms with Crippen LogP contribution in [0.25, 0.3) is 10.9 Å². The van der Waals surface area contributed by atoms with E-state index in [1.54, 1.807) is 31.3 Å². The quantitative estimate of drug-likeness (QED) is 0.853. The lowest BCUT2D eigenvalue weighted by atomic mass is 10.2. The zero-order chi connectivity index (χ0) is 20.5. The Balaban J connectivity index is 1.79. The van der Waals surface area contributed by atoms with Crippen LogP contribution in [0.4, 0.5) is 16.6 Å². The molecule has 0 atom stereocenters. The molecule has 3 rings (SSSR count). The van der Waals surface area contributed by atoms with Gasteiger partial charge in [0, 0.05) is 37.6 Å². The molecular weight excluding hydrogens is 362 g/mol. The molecule has 2 aromatic rings. The lowest BCUT2D eigenvalue weighted by molar-refractivity contribution is 0.0240. The second-order valence-corrected chi connectivity index (χ2v) is 7.59. The van der Waals surface area contributed by atoms with Gasteiger partial charge in [0.1, 0.15) is 11.4 Å². The number of ether oxygens (including phenoxy) is 3. The maximum atomic E-state index is 12.2. The number of hydrogen-bond donors (Lipinski definition) is 1. The average molecular weight is 389 g/mol. The predicted octanol–water partition coefficient (Wildman–Crippen LogP) is 2.29. The van der Waals surface area contributed by atoms with Crippen molar-refractivity contribution in [1.82, 2.24) is 14.9 Å². The molecule has 152 valence electrons. The third-order valence-electron chi connectivity index (χ3n) is 4.43. The lowest BCUT2D eigenvalue weighted by Gasteiger charge is -2.35. The summed E-state index contributed by atoms with van der Waals surface area (Å²) in [6, 6.07) is 3.56. The van der Waals surface area contributed by atoms with Crippen LogP contribution in [-0.2, 0) is 4.74 Å². The van der Waals surface area contributed by atoms with Crippen LogP contribution in [-0.4, -0.2) is 67.0 Å². The Morgan fingerprint density at radius 1 is 1.04 bits per heavy atom. The van der Waals surface area contributed by atoms with Crippen molar-refractivity contribution in [1.29, 1.82) is 0 Å². The van der Waals surface area contributed by atoms with Gasteiger partial charge in [-0.25, -0.2) is 9.78 Å². The van der Waals surface area contributed by atoms with Crippen LogP contribution in [0.1, 0.15) is 20.8 Å². The molecule has 1 aliphatic heterocycles. The van der Waals surface area contributed by atoms with Crippen LogP contribution in [0.3, 0.4) is 0 Å². The van der Waals surface area contributed by atoms with Crippen LogP contribution in [0.2, 0.25) is 0 Å². The highest BCUT2D eigenvalue weighted by Gasteiger charge is 2.27. The van der Waals surface area contributed by atoms with Crippen LogP contribution >= 0.6 is 0 Å². The summed E-state index contributed by atoms with van der Waals surface area (Å²) in [5, 5.41) is 0.703. The summed E-state index contributed by atoms with van der Waals surface area (Å²) in [4.78, 5) is 25.0. The van der Waals surface area contributed by atoms with Gasteiger partial charge < -0.3 is 29.7 Å². The number of nitrogen functional groups attached to an aromatic ring is 1. The minimum absolute atomic E-state index is 0.303. The zero-order valence-electron chi connectivity index (χ0n) is 17.0. The van der Waals surface area contributed by atoms with Gasteiger partial charge in [-0.05, 0) is 26.8 Å². The number of hydrogen-bond acceptors (Lipinski definition) is 8. The van der Waals surface area contributed by atoms with Gasteiger partial charge in [-0.15, -0.1) is 0 Å². The molecule has 0 aliphatic carbocycles. The fourth-order valence-corrected chi connectivity index (χ4v) is 3.02. The third kappa shape index (κ3) is 4.13. The number of fused-ring (bicyclic) bond motifs is 1. The predicted molar refractivity (Wildman–Crippen MR) is 107 cm³/mol. The number of benzene rings is 1. The van der Waals surface area contributed by atoms with Crippen LogP contribution in [0, 0.1) is 0 Å². The highest BCUT2D eigenvalue weighted by molar-refractivity contribution is 5.91. The number of nitrogens with zero attached hydrogens (tertiary/aromatic N) is 4. The maximum absolute atomic E-state index is 12.2. The van der Waals surface area contributed by atoms with Crippen LogP contribution in [0.5, 0.6) is 11.5 Å². The summed E-state index contributed by atoms with van der Waals surface area (Å²) in [6.07, 6.45) is -0.303. The van der Waals surface area contributed by atoms with Crippen molar-refractivity contribution in [3.8, 4) is 11.5 Å². The standard InChI is InChI=1S/C19H27N5O4/c1-19(2,3)28-18(25)24-8-6-23(7-9-24)17-21-13-11-15(27-5)14(26-4)10-12(13)16(20)22-17/h10-11H,6-9H2,1-5H3,(H2,20,21,22). The summed E-state index contributed by atoms with van der Waals surface area (Å²) in [5.41, 5.74) is 6.33. The summed E-state index contributed by atoms with van der Waals surface area (Å²) >= 11 is 0. The first-order valence-corrected chi connectivity index (χ1v) is 9.14. The molecule has 1 aromatic carbocycles. The van der Waals surface area contributed by atoms with E-state index in [0.29, 0.717) is 60.3 Å². The Bertz CT molecular complexity index is 873. The van der Waals surface area contributed by atoms with Crippen molar-refractivity contribution >= 4 is 28.8 Å². The molecule has 1 amide bonds. The lowest BCUT2D eigenvalue weighted by Crippen LogP contribution is -2.50. The number of anilines is 2. The first-order valence-electron chi connectivity index (χ1n) is 9.14. The van der Waals surface area contributed by atoms with E-state index in [2.05, 4.69) is 9.97 Å².